The van der Waals surface area contributed by atoms with Crippen molar-refractivity contribution in [3.8, 4) is 17.2 Å². The Labute approximate surface area is 150 Å². The smallest absolute Gasteiger partial charge is 0.164 e. The minimum Gasteiger partial charge on any atom is -0.497 e. The van der Waals surface area contributed by atoms with E-state index in [1.54, 1.807) is 21.3 Å². The van der Waals surface area contributed by atoms with E-state index in [-0.39, 0.29) is 0 Å². The normalized spacial score (nSPS) is 10.6. The molecular formula is C21H29NO3. The lowest BCUT2D eigenvalue weighted by Crippen LogP contribution is -2.07. The van der Waals surface area contributed by atoms with E-state index < -0.39 is 0 Å². The fraction of sp³-hybridized carbons (Fsp3) is 0.429. The Morgan fingerprint density at radius 3 is 2.32 bits per heavy atom. The van der Waals surface area contributed by atoms with Gasteiger partial charge < -0.3 is 19.9 Å². The zero-order chi connectivity index (χ0) is 18.1. The van der Waals surface area contributed by atoms with Crippen molar-refractivity contribution in [3.05, 3.63) is 53.1 Å². The van der Waals surface area contributed by atoms with Crippen molar-refractivity contribution >= 4 is 0 Å². The summed E-state index contributed by atoms with van der Waals surface area (Å²) >= 11 is 0. The van der Waals surface area contributed by atoms with Gasteiger partial charge in [-0.25, -0.2) is 0 Å². The van der Waals surface area contributed by atoms with Gasteiger partial charge >= 0.3 is 0 Å². The summed E-state index contributed by atoms with van der Waals surface area (Å²) in [7, 11) is 5.07. The first-order valence-electron chi connectivity index (χ1n) is 8.79. The fourth-order valence-electron chi connectivity index (χ4n) is 3.15. The highest BCUT2D eigenvalue weighted by molar-refractivity contribution is 5.51. The first-order chi connectivity index (χ1) is 12.2. The lowest BCUT2D eigenvalue weighted by molar-refractivity contribution is 0.350. The first-order valence-corrected chi connectivity index (χ1v) is 8.79. The monoisotopic (exact) mass is 343 g/mol. The van der Waals surface area contributed by atoms with Crippen molar-refractivity contribution in [1.82, 2.24) is 0 Å². The molecule has 0 saturated carbocycles. The van der Waals surface area contributed by atoms with Crippen molar-refractivity contribution < 1.29 is 14.2 Å². The van der Waals surface area contributed by atoms with E-state index in [1.807, 2.05) is 18.2 Å². The molecule has 2 rings (SSSR count). The molecule has 0 spiro atoms. The highest BCUT2D eigenvalue weighted by atomic mass is 16.5. The van der Waals surface area contributed by atoms with Gasteiger partial charge in [-0.2, -0.15) is 0 Å². The number of benzene rings is 2. The summed E-state index contributed by atoms with van der Waals surface area (Å²) in [6.07, 6.45) is 5.04. The molecule has 0 amide bonds. The topological polar surface area (TPSA) is 53.7 Å². The highest BCUT2D eigenvalue weighted by Gasteiger charge is 2.14. The van der Waals surface area contributed by atoms with Gasteiger partial charge in [-0.05, 0) is 68.0 Å². The van der Waals surface area contributed by atoms with E-state index in [2.05, 4.69) is 18.2 Å². The third-order valence-corrected chi connectivity index (χ3v) is 4.44. The van der Waals surface area contributed by atoms with E-state index in [1.165, 1.54) is 16.7 Å². The number of ether oxygens (including phenoxy) is 3. The van der Waals surface area contributed by atoms with E-state index >= 15 is 0 Å². The van der Waals surface area contributed by atoms with Crippen molar-refractivity contribution in [3.63, 3.8) is 0 Å². The number of methoxy groups -OCH3 is 3. The van der Waals surface area contributed by atoms with Gasteiger partial charge in [0.25, 0.3) is 0 Å². The average Bonchev–Trinajstić information content (AvgIpc) is 2.66. The minimum absolute atomic E-state index is 0.631. The molecule has 4 nitrogen and oxygen atoms in total. The van der Waals surface area contributed by atoms with Crippen molar-refractivity contribution in [1.29, 1.82) is 0 Å². The van der Waals surface area contributed by atoms with Crippen LogP contribution in [0.4, 0.5) is 0 Å². The van der Waals surface area contributed by atoms with Gasteiger partial charge in [-0.15, -0.1) is 0 Å². The summed E-state index contributed by atoms with van der Waals surface area (Å²) in [5, 5.41) is 0. The number of unbranched alkanes of at least 4 members (excludes halogenated alkanes) is 1. The maximum atomic E-state index is 5.77. The van der Waals surface area contributed by atoms with Gasteiger partial charge in [0.15, 0.2) is 11.5 Å². The molecule has 0 bridgehead atoms. The van der Waals surface area contributed by atoms with Crippen LogP contribution >= 0.6 is 0 Å². The molecule has 0 aromatic heterocycles. The van der Waals surface area contributed by atoms with Gasteiger partial charge in [0.1, 0.15) is 5.75 Å². The van der Waals surface area contributed by atoms with Crippen molar-refractivity contribution in [2.75, 3.05) is 27.9 Å². The van der Waals surface area contributed by atoms with E-state index in [0.29, 0.717) is 6.54 Å². The maximum Gasteiger partial charge on any atom is 0.164 e. The van der Waals surface area contributed by atoms with Crippen LogP contribution < -0.4 is 19.9 Å². The minimum atomic E-state index is 0.631. The molecule has 25 heavy (non-hydrogen) atoms. The largest absolute Gasteiger partial charge is 0.497 e. The predicted molar refractivity (Wildman–Crippen MR) is 102 cm³/mol. The summed E-state index contributed by atoms with van der Waals surface area (Å²) in [4.78, 5) is 0. The summed E-state index contributed by atoms with van der Waals surface area (Å²) in [5.41, 5.74) is 9.54. The van der Waals surface area contributed by atoms with Crippen LogP contribution in [0.2, 0.25) is 0 Å². The number of aryl methyl sites for hydroxylation is 1. The van der Waals surface area contributed by atoms with Crippen LogP contribution in [-0.4, -0.2) is 27.9 Å². The molecule has 0 fully saturated rings. The second-order valence-electron chi connectivity index (χ2n) is 6.04. The Balaban J connectivity index is 2.03. The molecule has 2 aromatic rings. The Morgan fingerprint density at radius 1 is 0.840 bits per heavy atom. The molecule has 2 N–H and O–H groups in total. The highest BCUT2D eigenvalue weighted by Crippen LogP contribution is 2.34. The van der Waals surface area contributed by atoms with Gasteiger partial charge in [0.05, 0.1) is 21.3 Å². The molecule has 0 saturated heterocycles. The molecule has 0 atom stereocenters. The van der Waals surface area contributed by atoms with Crippen molar-refractivity contribution in [2.24, 2.45) is 5.73 Å². The van der Waals surface area contributed by atoms with Crippen LogP contribution in [0.25, 0.3) is 0 Å². The van der Waals surface area contributed by atoms with Gasteiger partial charge in [0, 0.05) is 5.56 Å². The fourth-order valence-corrected chi connectivity index (χ4v) is 3.15. The summed E-state index contributed by atoms with van der Waals surface area (Å²) in [5.74, 6) is 2.54. The van der Waals surface area contributed by atoms with Crippen LogP contribution in [-0.2, 0) is 19.3 Å². The predicted octanol–water partition coefficient (Wildman–Crippen LogP) is 3.78. The molecular weight excluding hydrogens is 314 g/mol. The van der Waals surface area contributed by atoms with Gasteiger partial charge in [-0.3, -0.25) is 0 Å². The number of hydrogen-bond donors (Lipinski definition) is 1. The van der Waals surface area contributed by atoms with Gasteiger partial charge in [-0.1, -0.05) is 18.2 Å². The molecule has 136 valence electrons. The molecule has 4 heteroatoms. The Morgan fingerprint density at radius 2 is 1.64 bits per heavy atom. The molecule has 0 aliphatic carbocycles. The maximum absolute atomic E-state index is 5.77. The number of nitrogens with two attached hydrogens (primary N) is 1. The van der Waals surface area contributed by atoms with Crippen LogP contribution in [0.3, 0.4) is 0 Å². The van der Waals surface area contributed by atoms with Crippen LogP contribution in [0.5, 0.6) is 17.2 Å². The lowest BCUT2D eigenvalue weighted by atomic mass is 9.96. The molecule has 2 aromatic carbocycles. The molecule has 0 radical (unpaired) electrons. The molecule has 0 unspecified atom stereocenters. The molecule has 0 aliphatic rings. The third kappa shape index (κ3) is 5.13. The second-order valence-corrected chi connectivity index (χ2v) is 6.04. The summed E-state index contributed by atoms with van der Waals surface area (Å²) in [6.45, 7) is 0.631. The quantitative estimate of drug-likeness (QED) is 0.667. The van der Waals surface area contributed by atoms with E-state index in [9.17, 15) is 0 Å². The molecule has 0 heterocycles. The number of hydrogen-bond acceptors (Lipinski definition) is 4. The third-order valence-electron chi connectivity index (χ3n) is 4.44. The Bertz CT molecular complexity index is 670. The lowest BCUT2D eigenvalue weighted by Gasteiger charge is -2.17. The Kier molecular flexibility index (Phi) is 7.61. The van der Waals surface area contributed by atoms with Crippen LogP contribution in [0.15, 0.2) is 36.4 Å². The second kappa shape index (κ2) is 9.94. The molecule has 0 aliphatic heterocycles. The summed E-state index contributed by atoms with van der Waals surface area (Å²) in [6, 6.07) is 12.3. The standard InChI is InChI=1S/C21H29NO3/c1-23-18-9-6-8-16(15-18)7-4-5-10-19-17(13-14-22)11-12-20(24-2)21(19)25-3/h6,8-9,11-12,15H,4-5,7,10,13-14,22H2,1-3H3. The Hall–Kier alpha value is -2.20. The van der Waals surface area contributed by atoms with Crippen LogP contribution in [0, 0.1) is 0 Å². The zero-order valence-electron chi connectivity index (χ0n) is 15.5. The SMILES string of the molecule is COc1cccc(CCCCc2c(CCN)ccc(OC)c2OC)c1. The van der Waals surface area contributed by atoms with E-state index in [0.717, 1.165) is 49.4 Å². The van der Waals surface area contributed by atoms with Crippen molar-refractivity contribution in [2.45, 2.75) is 32.1 Å². The van der Waals surface area contributed by atoms with Crippen LogP contribution in [0.1, 0.15) is 29.5 Å². The summed E-state index contributed by atoms with van der Waals surface area (Å²) < 4.78 is 16.3. The van der Waals surface area contributed by atoms with Gasteiger partial charge in [0.2, 0.25) is 0 Å². The average molecular weight is 343 g/mol. The number of rotatable bonds is 10. The zero-order valence-corrected chi connectivity index (χ0v) is 15.5. The first kappa shape index (κ1) is 19.1. The van der Waals surface area contributed by atoms with E-state index in [4.69, 9.17) is 19.9 Å².